The van der Waals surface area contributed by atoms with Crippen molar-refractivity contribution < 1.29 is 14.4 Å². The van der Waals surface area contributed by atoms with Gasteiger partial charge < -0.3 is 10.2 Å². The molecule has 1 aromatic rings. The first kappa shape index (κ1) is 16.8. The molecule has 0 aliphatic carbocycles. The van der Waals surface area contributed by atoms with Gasteiger partial charge in [-0.2, -0.15) is 0 Å². The second-order valence-electron chi connectivity index (χ2n) is 6.38. The Morgan fingerprint density at radius 1 is 1.21 bits per heavy atom. The molecular weight excluding hydrogens is 330 g/mol. The van der Waals surface area contributed by atoms with Crippen LogP contribution < -0.4 is 15.5 Å². The maximum Gasteiger partial charge on any atom is 0.323 e. The van der Waals surface area contributed by atoms with Gasteiger partial charge in [-0.3, -0.25) is 14.9 Å². The zero-order chi connectivity index (χ0) is 17.6. The van der Waals surface area contributed by atoms with Crippen LogP contribution in [0.25, 0.3) is 0 Å². The van der Waals surface area contributed by atoms with Crippen LogP contribution in [0.3, 0.4) is 0 Å². The lowest BCUT2D eigenvalue weighted by atomic mass is 9.90. The van der Waals surface area contributed by atoms with E-state index in [0.29, 0.717) is 28.7 Å². The fourth-order valence-corrected chi connectivity index (χ4v) is 3.85. The highest BCUT2D eigenvalue weighted by Crippen LogP contribution is 2.45. The van der Waals surface area contributed by atoms with Gasteiger partial charge in [-0.05, 0) is 30.5 Å². The van der Waals surface area contributed by atoms with Gasteiger partial charge in [-0.25, -0.2) is 4.79 Å². The van der Waals surface area contributed by atoms with E-state index in [4.69, 9.17) is 11.6 Å². The van der Waals surface area contributed by atoms with Crippen LogP contribution in [0.2, 0.25) is 5.02 Å². The number of nitrogens with zero attached hydrogens (tertiary/aromatic N) is 1. The van der Waals surface area contributed by atoms with E-state index in [0.717, 1.165) is 18.4 Å². The molecule has 2 aliphatic heterocycles. The van der Waals surface area contributed by atoms with E-state index in [1.54, 1.807) is 17.0 Å². The van der Waals surface area contributed by atoms with Crippen molar-refractivity contribution in [2.24, 2.45) is 5.92 Å². The number of urea groups is 1. The molecule has 24 heavy (non-hydrogen) atoms. The van der Waals surface area contributed by atoms with E-state index in [-0.39, 0.29) is 0 Å². The number of fused-ring (bicyclic) bond motifs is 2. The summed E-state index contributed by atoms with van der Waals surface area (Å²) >= 11 is 6.16. The van der Waals surface area contributed by atoms with Gasteiger partial charge in [0.25, 0.3) is 11.8 Å². The van der Waals surface area contributed by atoms with E-state index in [1.165, 1.54) is 0 Å². The third-order valence-electron chi connectivity index (χ3n) is 4.97. The van der Waals surface area contributed by atoms with Gasteiger partial charge in [0.1, 0.15) is 0 Å². The summed E-state index contributed by atoms with van der Waals surface area (Å²) in [7, 11) is 0. The molecular formula is C17H20ClN3O3. The highest BCUT2D eigenvalue weighted by Gasteiger charge is 2.61. The number of carbonyl (C=O) groups is 3. The maximum absolute atomic E-state index is 13.2. The third kappa shape index (κ3) is 2.20. The Labute approximate surface area is 145 Å². The van der Waals surface area contributed by atoms with Gasteiger partial charge in [0.2, 0.25) is 5.54 Å². The molecule has 2 N–H and O–H groups in total. The molecule has 7 heteroatoms. The summed E-state index contributed by atoms with van der Waals surface area (Å²) in [6.07, 6.45) is 1.85. The summed E-state index contributed by atoms with van der Waals surface area (Å²) in [6, 6.07) is 2.70. The highest BCUT2D eigenvalue weighted by atomic mass is 35.5. The normalized spacial score (nSPS) is 22.4. The molecule has 1 aromatic carbocycles. The molecule has 1 atom stereocenters. The number of carbonyl (C=O) groups excluding carboxylic acids is 3. The smallest absolute Gasteiger partial charge is 0.312 e. The number of halogens is 1. The van der Waals surface area contributed by atoms with Crippen molar-refractivity contribution in [2.75, 3.05) is 11.4 Å². The van der Waals surface area contributed by atoms with E-state index >= 15 is 0 Å². The number of nitrogens with one attached hydrogen (secondary N) is 2. The fraction of sp³-hybridized carbons (Fsp3) is 0.471. The molecule has 2 aliphatic rings. The van der Waals surface area contributed by atoms with Crippen molar-refractivity contribution in [1.29, 1.82) is 0 Å². The van der Waals surface area contributed by atoms with E-state index < -0.39 is 23.4 Å². The van der Waals surface area contributed by atoms with Crippen molar-refractivity contribution >= 4 is 35.1 Å². The standard InChI is InChI=1S/C17H20ClN3O3/c1-4-10(5-2)8-21-13-9(3)6-11(18)7-12(13)17(15(21)23)14(22)19-16(24)20-17/h6-7,10H,4-5,8H2,1-3H3,(H2,19,20,22,24). The molecule has 1 saturated heterocycles. The third-order valence-corrected chi connectivity index (χ3v) is 5.19. The molecule has 0 radical (unpaired) electrons. The molecule has 0 aromatic heterocycles. The molecule has 4 amide bonds. The Morgan fingerprint density at radius 3 is 2.42 bits per heavy atom. The molecule has 6 nitrogen and oxygen atoms in total. The first-order valence-electron chi connectivity index (χ1n) is 8.11. The zero-order valence-corrected chi connectivity index (χ0v) is 14.7. The van der Waals surface area contributed by atoms with Crippen LogP contribution in [0.1, 0.15) is 37.8 Å². The molecule has 3 rings (SSSR count). The molecule has 0 saturated carbocycles. The Kier molecular flexibility index (Phi) is 4.03. The van der Waals surface area contributed by atoms with E-state index in [2.05, 4.69) is 24.5 Å². The average molecular weight is 350 g/mol. The number of hydrogen-bond acceptors (Lipinski definition) is 3. The van der Waals surface area contributed by atoms with Crippen LogP contribution in [-0.4, -0.2) is 24.4 Å². The lowest BCUT2D eigenvalue weighted by Gasteiger charge is -2.25. The van der Waals surface area contributed by atoms with Gasteiger partial charge >= 0.3 is 6.03 Å². The Hall–Kier alpha value is -2.08. The van der Waals surface area contributed by atoms with Gasteiger partial charge in [-0.15, -0.1) is 0 Å². The van der Waals surface area contributed by atoms with Gasteiger partial charge in [0.05, 0.1) is 5.69 Å². The molecule has 1 spiro atoms. The average Bonchev–Trinajstić information content (AvgIpc) is 2.94. The van der Waals surface area contributed by atoms with Crippen molar-refractivity contribution in [1.82, 2.24) is 10.6 Å². The monoisotopic (exact) mass is 349 g/mol. The summed E-state index contributed by atoms with van der Waals surface area (Å²) in [5.74, 6) is -0.752. The predicted molar refractivity (Wildman–Crippen MR) is 91.0 cm³/mol. The molecule has 0 bridgehead atoms. The Balaban J connectivity index is 2.18. The first-order chi connectivity index (χ1) is 11.3. The quantitative estimate of drug-likeness (QED) is 0.647. The highest BCUT2D eigenvalue weighted by molar-refractivity contribution is 6.32. The van der Waals surface area contributed by atoms with Crippen molar-refractivity contribution in [3.05, 3.63) is 28.3 Å². The van der Waals surface area contributed by atoms with Crippen LogP contribution in [0.5, 0.6) is 0 Å². The number of anilines is 1. The fourth-order valence-electron chi connectivity index (χ4n) is 3.57. The van der Waals surface area contributed by atoms with Crippen LogP contribution in [0.15, 0.2) is 12.1 Å². The SMILES string of the molecule is CCC(CC)CN1C(=O)C2(NC(=O)NC2=O)c2cc(Cl)cc(C)c21. The second-order valence-corrected chi connectivity index (χ2v) is 6.81. The van der Waals surface area contributed by atoms with Crippen LogP contribution in [0.4, 0.5) is 10.5 Å². The van der Waals surface area contributed by atoms with E-state index in [9.17, 15) is 14.4 Å². The summed E-state index contributed by atoms with van der Waals surface area (Å²) in [5.41, 5.74) is 0.233. The maximum atomic E-state index is 13.2. The van der Waals surface area contributed by atoms with Gasteiger partial charge in [0, 0.05) is 17.1 Å². The number of hydrogen-bond donors (Lipinski definition) is 2. The van der Waals surface area contributed by atoms with E-state index in [1.807, 2.05) is 6.92 Å². The Morgan fingerprint density at radius 2 is 1.88 bits per heavy atom. The summed E-state index contributed by atoms with van der Waals surface area (Å²) in [6.45, 7) is 6.51. The minimum absolute atomic E-state index is 0.312. The lowest BCUT2D eigenvalue weighted by Crippen LogP contribution is -2.52. The zero-order valence-electron chi connectivity index (χ0n) is 13.9. The van der Waals surface area contributed by atoms with Gasteiger partial charge in [-0.1, -0.05) is 38.3 Å². The number of rotatable bonds is 4. The van der Waals surface area contributed by atoms with Crippen molar-refractivity contribution in [3.8, 4) is 0 Å². The number of imide groups is 1. The minimum atomic E-state index is -1.70. The predicted octanol–water partition coefficient (Wildman–Crippen LogP) is 2.47. The summed E-state index contributed by atoms with van der Waals surface area (Å²) in [5, 5.41) is 5.14. The number of amides is 4. The summed E-state index contributed by atoms with van der Waals surface area (Å²) < 4.78 is 0. The van der Waals surface area contributed by atoms with Gasteiger partial charge in [0.15, 0.2) is 0 Å². The molecule has 2 heterocycles. The first-order valence-corrected chi connectivity index (χ1v) is 8.49. The molecule has 1 fully saturated rings. The molecule has 1 unspecified atom stereocenters. The lowest BCUT2D eigenvalue weighted by molar-refractivity contribution is -0.134. The minimum Gasteiger partial charge on any atom is -0.312 e. The number of benzene rings is 1. The molecule has 128 valence electrons. The van der Waals surface area contributed by atoms with Crippen molar-refractivity contribution in [3.63, 3.8) is 0 Å². The summed E-state index contributed by atoms with van der Waals surface area (Å²) in [4.78, 5) is 39.0. The topological polar surface area (TPSA) is 78.5 Å². The van der Waals surface area contributed by atoms with Crippen LogP contribution in [0, 0.1) is 12.8 Å². The van der Waals surface area contributed by atoms with Crippen molar-refractivity contribution in [2.45, 2.75) is 39.2 Å². The number of aryl methyl sites for hydroxylation is 1. The largest absolute Gasteiger partial charge is 0.323 e. The van der Waals surface area contributed by atoms with Crippen LogP contribution >= 0.6 is 11.6 Å². The Bertz CT molecular complexity index is 745. The second kappa shape index (κ2) is 5.77. The van der Waals surface area contributed by atoms with Crippen LogP contribution in [-0.2, 0) is 15.1 Å².